The Hall–Kier alpha value is -1.64. The molecule has 0 aromatic heterocycles. The zero-order valence-electron chi connectivity index (χ0n) is 11.5. The van der Waals surface area contributed by atoms with Gasteiger partial charge in [0.2, 0.25) is 0 Å². The Bertz CT molecular complexity index is 431. The van der Waals surface area contributed by atoms with Crippen LogP contribution in [0.15, 0.2) is 35.5 Å². The van der Waals surface area contributed by atoms with Crippen LogP contribution in [0.5, 0.6) is 0 Å². The Balaban J connectivity index is 1.91. The zero-order valence-corrected chi connectivity index (χ0v) is 11.5. The van der Waals surface area contributed by atoms with E-state index < -0.39 is 0 Å². The Kier molecular flexibility index (Phi) is 5.13. The number of carbonyl (C=O) groups excluding carboxylic acids is 1. The van der Waals surface area contributed by atoms with Crippen LogP contribution in [0.4, 0.5) is 0 Å². The largest absolute Gasteiger partial charge is 0.338 e. The van der Waals surface area contributed by atoms with Crippen LogP contribution in [-0.2, 0) is 9.63 Å². The molecule has 0 radical (unpaired) electrons. The van der Waals surface area contributed by atoms with Crippen molar-refractivity contribution in [1.82, 2.24) is 0 Å². The van der Waals surface area contributed by atoms with Gasteiger partial charge in [0.15, 0.2) is 0 Å². The Morgan fingerprint density at radius 3 is 2.37 bits per heavy atom. The van der Waals surface area contributed by atoms with Crippen LogP contribution in [0, 0.1) is 5.92 Å². The second kappa shape index (κ2) is 7.07. The summed E-state index contributed by atoms with van der Waals surface area (Å²) < 4.78 is 0. The summed E-state index contributed by atoms with van der Waals surface area (Å²) in [5.74, 6) is -0.132. The molecule has 1 aliphatic carbocycles. The molecule has 3 heteroatoms. The minimum absolute atomic E-state index is 0.0369. The highest BCUT2D eigenvalue weighted by atomic mass is 16.7. The summed E-state index contributed by atoms with van der Waals surface area (Å²) in [6, 6.07) is 9.76. The van der Waals surface area contributed by atoms with E-state index >= 15 is 0 Å². The predicted octanol–water partition coefficient (Wildman–Crippen LogP) is 3.92. The zero-order chi connectivity index (χ0) is 13.5. The number of hydrogen-bond donors (Lipinski definition) is 0. The van der Waals surface area contributed by atoms with Crippen molar-refractivity contribution in [2.45, 2.75) is 45.4 Å². The van der Waals surface area contributed by atoms with Crippen molar-refractivity contribution in [3.8, 4) is 0 Å². The molecule has 1 aliphatic rings. The molecule has 1 aromatic carbocycles. The van der Waals surface area contributed by atoms with Crippen LogP contribution in [0.3, 0.4) is 0 Å². The number of hydrogen-bond acceptors (Lipinski definition) is 3. The lowest BCUT2D eigenvalue weighted by Gasteiger charge is -2.10. The molecular weight excluding hydrogens is 238 g/mol. The van der Waals surface area contributed by atoms with Crippen LogP contribution < -0.4 is 0 Å². The van der Waals surface area contributed by atoms with Gasteiger partial charge in [0, 0.05) is 0 Å². The van der Waals surface area contributed by atoms with Crippen molar-refractivity contribution in [2.75, 3.05) is 0 Å². The van der Waals surface area contributed by atoms with E-state index in [0.717, 1.165) is 37.0 Å². The van der Waals surface area contributed by atoms with Gasteiger partial charge in [-0.05, 0) is 25.3 Å². The summed E-state index contributed by atoms with van der Waals surface area (Å²) in [6.45, 7) is 1.86. The van der Waals surface area contributed by atoms with Gasteiger partial charge in [-0.2, -0.15) is 0 Å². The smallest absolute Gasteiger partial charge is 0.318 e. The molecule has 0 spiro atoms. The second-order valence-corrected chi connectivity index (χ2v) is 5.14. The highest BCUT2D eigenvalue weighted by Gasteiger charge is 2.21. The summed E-state index contributed by atoms with van der Waals surface area (Å²) in [4.78, 5) is 17.1. The van der Waals surface area contributed by atoms with Crippen molar-refractivity contribution >= 4 is 11.7 Å². The van der Waals surface area contributed by atoms with Crippen LogP contribution >= 0.6 is 0 Å². The van der Waals surface area contributed by atoms with E-state index in [1.807, 2.05) is 37.3 Å². The van der Waals surface area contributed by atoms with Crippen molar-refractivity contribution < 1.29 is 9.63 Å². The maximum Gasteiger partial charge on any atom is 0.338 e. The number of rotatable bonds is 3. The Labute approximate surface area is 114 Å². The molecule has 0 N–H and O–H groups in total. The molecule has 0 atom stereocenters. The monoisotopic (exact) mass is 259 g/mol. The molecule has 0 saturated heterocycles. The van der Waals surface area contributed by atoms with Crippen LogP contribution in [0.25, 0.3) is 0 Å². The highest BCUT2D eigenvalue weighted by Crippen LogP contribution is 2.23. The van der Waals surface area contributed by atoms with Gasteiger partial charge in [0.1, 0.15) is 0 Å². The standard InChI is InChI=1S/C16H21NO2/c1-13(14-9-7-4-8-10-14)17-19-16(18)15-11-5-2-3-6-12-15/h4,7-10,15H,2-3,5-6,11-12H2,1H3/b17-13+. The van der Waals surface area contributed by atoms with Gasteiger partial charge in [-0.1, -0.05) is 61.2 Å². The molecule has 0 amide bonds. The molecule has 0 heterocycles. The fraction of sp³-hybridized carbons (Fsp3) is 0.500. The van der Waals surface area contributed by atoms with E-state index in [4.69, 9.17) is 4.84 Å². The number of nitrogens with zero attached hydrogens (tertiary/aromatic N) is 1. The summed E-state index contributed by atoms with van der Waals surface area (Å²) in [5.41, 5.74) is 1.72. The minimum Gasteiger partial charge on any atom is -0.318 e. The molecule has 19 heavy (non-hydrogen) atoms. The fourth-order valence-corrected chi connectivity index (χ4v) is 2.44. The topological polar surface area (TPSA) is 38.7 Å². The summed E-state index contributed by atoms with van der Waals surface area (Å²) in [5, 5.41) is 3.97. The summed E-state index contributed by atoms with van der Waals surface area (Å²) in [7, 11) is 0. The molecule has 3 nitrogen and oxygen atoms in total. The normalized spacial score (nSPS) is 17.8. The molecular formula is C16H21NO2. The SMILES string of the molecule is C/C(=N\OC(=O)C1CCCCCC1)c1ccccc1. The quantitative estimate of drug-likeness (QED) is 0.357. The third-order valence-corrected chi connectivity index (χ3v) is 3.65. The van der Waals surface area contributed by atoms with E-state index in [2.05, 4.69) is 5.16 Å². The average molecular weight is 259 g/mol. The molecule has 0 aliphatic heterocycles. The van der Waals surface area contributed by atoms with E-state index in [-0.39, 0.29) is 11.9 Å². The predicted molar refractivity (Wildman–Crippen MR) is 75.9 cm³/mol. The van der Waals surface area contributed by atoms with Crippen LogP contribution in [0.2, 0.25) is 0 Å². The van der Waals surface area contributed by atoms with Gasteiger partial charge in [0.05, 0.1) is 11.6 Å². The first-order valence-corrected chi connectivity index (χ1v) is 7.08. The van der Waals surface area contributed by atoms with Gasteiger partial charge >= 0.3 is 5.97 Å². The van der Waals surface area contributed by atoms with Crippen LogP contribution in [-0.4, -0.2) is 11.7 Å². The molecule has 1 aromatic rings. The average Bonchev–Trinajstić information content (AvgIpc) is 2.74. The van der Waals surface area contributed by atoms with Crippen molar-refractivity contribution in [2.24, 2.45) is 11.1 Å². The van der Waals surface area contributed by atoms with Gasteiger partial charge < -0.3 is 4.84 Å². The van der Waals surface area contributed by atoms with Crippen molar-refractivity contribution in [1.29, 1.82) is 0 Å². The number of benzene rings is 1. The minimum atomic E-state index is -0.169. The van der Waals surface area contributed by atoms with E-state index in [0.29, 0.717) is 0 Å². The van der Waals surface area contributed by atoms with E-state index in [1.54, 1.807) is 0 Å². The van der Waals surface area contributed by atoms with E-state index in [9.17, 15) is 4.79 Å². The highest BCUT2D eigenvalue weighted by molar-refractivity contribution is 5.98. The van der Waals surface area contributed by atoms with Gasteiger partial charge in [0.25, 0.3) is 0 Å². The van der Waals surface area contributed by atoms with Gasteiger partial charge in [-0.3, -0.25) is 0 Å². The summed E-state index contributed by atoms with van der Waals surface area (Å²) >= 11 is 0. The molecule has 0 unspecified atom stereocenters. The maximum atomic E-state index is 12.0. The lowest BCUT2D eigenvalue weighted by atomic mass is 10.0. The first-order valence-electron chi connectivity index (χ1n) is 7.08. The van der Waals surface area contributed by atoms with Gasteiger partial charge in [-0.25, -0.2) is 4.79 Å². The molecule has 2 rings (SSSR count). The summed E-state index contributed by atoms with van der Waals surface area (Å²) in [6.07, 6.45) is 6.60. The number of carbonyl (C=O) groups is 1. The molecule has 1 saturated carbocycles. The number of oxime groups is 1. The molecule has 1 fully saturated rings. The fourth-order valence-electron chi connectivity index (χ4n) is 2.44. The van der Waals surface area contributed by atoms with E-state index in [1.165, 1.54) is 12.8 Å². The Morgan fingerprint density at radius 2 is 1.74 bits per heavy atom. The second-order valence-electron chi connectivity index (χ2n) is 5.14. The van der Waals surface area contributed by atoms with Crippen molar-refractivity contribution in [3.63, 3.8) is 0 Å². The molecule has 0 bridgehead atoms. The molecule has 102 valence electrons. The maximum absolute atomic E-state index is 12.0. The van der Waals surface area contributed by atoms with Gasteiger partial charge in [-0.15, -0.1) is 0 Å². The van der Waals surface area contributed by atoms with Crippen LogP contribution in [0.1, 0.15) is 51.0 Å². The lowest BCUT2D eigenvalue weighted by Crippen LogP contribution is -2.15. The Morgan fingerprint density at radius 1 is 1.11 bits per heavy atom. The van der Waals surface area contributed by atoms with Crippen molar-refractivity contribution in [3.05, 3.63) is 35.9 Å². The third kappa shape index (κ3) is 4.19. The lowest BCUT2D eigenvalue weighted by molar-refractivity contribution is -0.149. The first kappa shape index (κ1) is 13.8. The first-order chi connectivity index (χ1) is 9.27. The third-order valence-electron chi connectivity index (χ3n) is 3.65.